The van der Waals surface area contributed by atoms with E-state index in [4.69, 9.17) is 4.99 Å². The first-order valence-electron chi connectivity index (χ1n) is 9.75. The highest BCUT2D eigenvalue weighted by Crippen LogP contribution is 2.21. The number of halogens is 1. The predicted octanol–water partition coefficient (Wildman–Crippen LogP) is 3.54. The number of rotatable bonds is 5. The summed E-state index contributed by atoms with van der Waals surface area (Å²) in [7, 11) is 1.71. The van der Waals surface area contributed by atoms with Gasteiger partial charge in [0.05, 0.1) is 6.54 Å². The number of benzene rings is 1. The summed E-state index contributed by atoms with van der Waals surface area (Å²) in [5.74, 6) is 1.62. The number of aryl methyl sites for hydroxylation is 3. The standard InChI is InChI=1S/C21H34N4O.HI/c1-6-23-21(24-14-19-16(3)11-15(2)12-17(19)4)25-9-7-18(8-10-25)13-20(26)22-5;/h11-12,18H,6-10,13-14H2,1-5H3,(H,22,26)(H,23,24);1H. The Morgan fingerprint density at radius 3 is 2.30 bits per heavy atom. The Hall–Kier alpha value is -1.31. The zero-order valence-corrected chi connectivity index (χ0v) is 19.7. The lowest BCUT2D eigenvalue weighted by Crippen LogP contribution is -2.46. The van der Waals surface area contributed by atoms with E-state index >= 15 is 0 Å². The minimum atomic E-state index is 0. The van der Waals surface area contributed by atoms with E-state index in [0.717, 1.165) is 38.4 Å². The number of hydrogen-bond acceptors (Lipinski definition) is 2. The molecule has 6 heteroatoms. The molecule has 2 N–H and O–H groups in total. The van der Waals surface area contributed by atoms with Gasteiger partial charge in [0.15, 0.2) is 5.96 Å². The molecule has 27 heavy (non-hydrogen) atoms. The molecule has 0 bridgehead atoms. The van der Waals surface area contributed by atoms with Crippen LogP contribution in [0.4, 0.5) is 0 Å². The van der Waals surface area contributed by atoms with E-state index in [9.17, 15) is 4.79 Å². The average Bonchev–Trinajstić information content (AvgIpc) is 2.60. The molecular weight excluding hydrogens is 451 g/mol. The van der Waals surface area contributed by atoms with Gasteiger partial charge in [-0.1, -0.05) is 17.7 Å². The van der Waals surface area contributed by atoms with Crippen molar-refractivity contribution in [1.82, 2.24) is 15.5 Å². The number of piperidine rings is 1. The summed E-state index contributed by atoms with van der Waals surface area (Å²) in [6.45, 7) is 12.1. The van der Waals surface area contributed by atoms with Gasteiger partial charge in [-0.3, -0.25) is 4.79 Å². The first-order valence-corrected chi connectivity index (χ1v) is 9.75. The largest absolute Gasteiger partial charge is 0.359 e. The van der Waals surface area contributed by atoms with E-state index in [1.807, 2.05) is 0 Å². The molecule has 0 saturated carbocycles. The van der Waals surface area contributed by atoms with Gasteiger partial charge in [0.2, 0.25) is 5.91 Å². The number of guanidine groups is 1. The van der Waals surface area contributed by atoms with Crippen LogP contribution in [0.2, 0.25) is 0 Å². The SMILES string of the molecule is CCNC(=NCc1c(C)cc(C)cc1C)N1CCC(CC(=O)NC)CC1.I. The van der Waals surface area contributed by atoms with Crippen LogP contribution in [0.25, 0.3) is 0 Å². The Morgan fingerprint density at radius 1 is 1.19 bits per heavy atom. The van der Waals surface area contributed by atoms with Gasteiger partial charge >= 0.3 is 0 Å². The number of hydrogen-bond donors (Lipinski definition) is 2. The first kappa shape index (κ1) is 23.7. The summed E-state index contributed by atoms with van der Waals surface area (Å²) in [6.07, 6.45) is 2.72. The van der Waals surface area contributed by atoms with Crippen LogP contribution < -0.4 is 10.6 Å². The van der Waals surface area contributed by atoms with E-state index in [2.05, 4.69) is 55.4 Å². The Kier molecular flexibility index (Phi) is 10.1. The average molecular weight is 486 g/mol. The lowest BCUT2D eigenvalue weighted by Gasteiger charge is -2.34. The van der Waals surface area contributed by atoms with Crippen molar-refractivity contribution >= 4 is 35.8 Å². The molecule has 152 valence electrons. The zero-order chi connectivity index (χ0) is 19.1. The molecule has 1 aromatic rings. The van der Waals surface area contributed by atoms with Gasteiger partial charge in [-0.05, 0) is 63.1 Å². The fraction of sp³-hybridized carbons (Fsp3) is 0.619. The first-order chi connectivity index (χ1) is 12.4. The normalized spacial score (nSPS) is 15.3. The third kappa shape index (κ3) is 6.97. The van der Waals surface area contributed by atoms with Gasteiger partial charge in [-0.15, -0.1) is 24.0 Å². The lowest BCUT2D eigenvalue weighted by molar-refractivity contribution is -0.121. The Morgan fingerprint density at radius 2 is 1.78 bits per heavy atom. The van der Waals surface area contributed by atoms with Gasteiger partial charge in [0.1, 0.15) is 0 Å². The quantitative estimate of drug-likeness (QED) is 0.381. The molecule has 5 nitrogen and oxygen atoms in total. The van der Waals surface area contributed by atoms with Gasteiger partial charge in [0.25, 0.3) is 0 Å². The molecule has 0 atom stereocenters. The van der Waals surface area contributed by atoms with Gasteiger partial charge in [0, 0.05) is 33.1 Å². The second-order valence-electron chi connectivity index (χ2n) is 7.36. The number of likely N-dealkylation sites (tertiary alicyclic amines) is 1. The predicted molar refractivity (Wildman–Crippen MR) is 124 cm³/mol. The maximum Gasteiger partial charge on any atom is 0.220 e. The Labute approximate surface area is 181 Å². The Bertz CT molecular complexity index is 629. The monoisotopic (exact) mass is 486 g/mol. The molecule has 1 aromatic carbocycles. The second kappa shape index (κ2) is 11.5. The highest BCUT2D eigenvalue weighted by molar-refractivity contribution is 14.0. The van der Waals surface area contributed by atoms with Gasteiger partial charge in [-0.2, -0.15) is 0 Å². The van der Waals surface area contributed by atoms with Crippen molar-refractivity contribution in [1.29, 1.82) is 0 Å². The van der Waals surface area contributed by atoms with Crippen LogP contribution in [0.15, 0.2) is 17.1 Å². The van der Waals surface area contributed by atoms with Crippen LogP contribution >= 0.6 is 24.0 Å². The van der Waals surface area contributed by atoms with Crippen molar-refractivity contribution in [2.24, 2.45) is 10.9 Å². The summed E-state index contributed by atoms with van der Waals surface area (Å²) in [5, 5.41) is 6.17. The van der Waals surface area contributed by atoms with Crippen LogP contribution in [0.1, 0.15) is 48.4 Å². The van der Waals surface area contributed by atoms with Crippen molar-refractivity contribution in [3.63, 3.8) is 0 Å². The second-order valence-corrected chi connectivity index (χ2v) is 7.36. The highest BCUT2D eigenvalue weighted by atomic mass is 127. The molecule has 1 aliphatic heterocycles. The highest BCUT2D eigenvalue weighted by Gasteiger charge is 2.23. The molecule has 2 rings (SSSR count). The molecule has 0 aromatic heterocycles. The number of nitrogens with zero attached hydrogens (tertiary/aromatic N) is 2. The van der Waals surface area contributed by atoms with Crippen LogP contribution in [-0.4, -0.2) is 43.4 Å². The van der Waals surface area contributed by atoms with Gasteiger partial charge in [-0.25, -0.2) is 4.99 Å². The molecule has 1 aliphatic rings. The third-order valence-corrected chi connectivity index (χ3v) is 5.23. The number of nitrogens with one attached hydrogen (secondary N) is 2. The van der Waals surface area contributed by atoms with E-state index in [1.54, 1.807) is 7.05 Å². The zero-order valence-electron chi connectivity index (χ0n) is 17.4. The minimum Gasteiger partial charge on any atom is -0.359 e. The molecule has 0 aliphatic carbocycles. The molecule has 1 fully saturated rings. The molecular formula is C21H35IN4O. The van der Waals surface area contributed by atoms with Crippen molar-refractivity contribution in [2.45, 2.75) is 53.5 Å². The molecule has 1 saturated heterocycles. The van der Waals surface area contributed by atoms with Gasteiger partial charge < -0.3 is 15.5 Å². The summed E-state index contributed by atoms with van der Waals surface area (Å²) < 4.78 is 0. The fourth-order valence-corrected chi connectivity index (χ4v) is 3.75. The summed E-state index contributed by atoms with van der Waals surface area (Å²) in [4.78, 5) is 18.8. The maximum absolute atomic E-state index is 11.6. The number of aliphatic imine (C=N–C) groups is 1. The smallest absolute Gasteiger partial charge is 0.220 e. The molecule has 1 amide bonds. The molecule has 0 radical (unpaired) electrons. The van der Waals surface area contributed by atoms with Crippen LogP contribution in [-0.2, 0) is 11.3 Å². The summed E-state index contributed by atoms with van der Waals surface area (Å²) in [5.41, 5.74) is 5.25. The van der Waals surface area contributed by atoms with Crippen LogP contribution in [0.3, 0.4) is 0 Å². The molecule has 0 unspecified atom stereocenters. The maximum atomic E-state index is 11.6. The van der Waals surface area contributed by atoms with Crippen molar-refractivity contribution in [2.75, 3.05) is 26.7 Å². The van der Waals surface area contributed by atoms with Crippen molar-refractivity contribution in [3.8, 4) is 0 Å². The fourth-order valence-electron chi connectivity index (χ4n) is 3.75. The van der Waals surface area contributed by atoms with E-state index < -0.39 is 0 Å². The number of amides is 1. The van der Waals surface area contributed by atoms with Crippen LogP contribution in [0, 0.1) is 26.7 Å². The van der Waals surface area contributed by atoms with E-state index in [-0.39, 0.29) is 29.9 Å². The molecule has 1 heterocycles. The number of carbonyl (C=O) groups is 1. The topological polar surface area (TPSA) is 56.7 Å². The summed E-state index contributed by atoms with van der Waals surface area (Å²) in [6, 6.07) is 4.46. The minimum absolute atomic E-state index is 0. The molecule has 0 spiro atoms. The van der Waals surface area contributed by atoms with Crippen molar-refractivity contribution < 1.29 is 4.79 Å². The van der Waals surface area contributed by atoms with Crippen LogP contribution in [0.5, 0.6) is 0 Å². The third-order valence-electron chi connectivity index (χ3n) is 5.23. The number of carbonyl (C=O) groups excluding carboxylic acids is 1. The Balaban J connectivity index is 0.00000364. The summed E-state index contributed by atoms with van der Waals surface area (Å²) >= 11 is 0. The van der Waals surface area contributed by atoms with E-state index in [0.29, 0.717) is 18.9 Å². The van der Waals surface area contributed by atoms with E-state index in [1.165, 1.54) is 22.3 Å². The lowest BCUT2D eigenvalue weighted by atomic mass is 9.93. The van der Waals surface area contributed by atoms with Crippen molar-refractivity contribution in [3.05, 3.63) is 34.4 Å².